The summed E-state index contributed by atoms with van der Waals surface area (Å²) in [5, 5.41) is 10.6. The van der Waals surface area contributed by atoms with Crippen LogP contribution in [-0.2, 0) is 6.54 Å². The highest BCUT2D eigenvalue weighted by Crippen LogP contribution is 2.51. The quantitative estimate of drug-likeness (QED) is 0.498. The second-order valence-corrected chi connectivity index (χ2v) is 11.6. The fraction of sp³-hybridized carbons (Fsp3) is 0.593. The number of ether oxygens (including phenoxy) is 1. The van der Waals surface area contributed by atoms with Gasteiger partial charge in [-0.2, -0.15) is 4.98 Å². The zero-order valence-electron chi connectivity index (χ0n) is 20.9. The number of aromatic nitrogens is 2. The lowest BCUT2D eigenvalue weighted by Gasteiger charge is -2.50. The van der Waals surface area contributed by atoms with Crippen molar-refractivity contribution < 1.29 is 9.53 Å². The van der Waals surface area contributed by atoms with Gasteiger partial charge in [0.05, 0.1) is 12.1 Å². The molecule has 1 aromatic heterocycles. The molecule has 6 rings (SSSR count). The first-order chi connectivity index (χ1) is 17.5. The van der Waals surface area contributed by atoms with Gasteiger partial charge in [-0.05, 0) is 86.1 Å². The Morgan fingerprint density at radius 1 is 1.25 bits per heavy atom. The van der Waals surface area contributed by atoms with Crippen LogP contribution < -0.4 is 25.6 Å². The molecule has 0 radical (unpaired) electrons. The predicted octanol–water partition coefficient (Wildman–Crippen LogP) is 3.72. The molecule has 1 aromatic carbocycles. The Kier molecular flexibility index (Phi) is 6.42. The number of methoxy groups -OCH3 is 1. The van der Waals surface area contributed by atoms with E-state index < -0.39 is 0 Å². The van der Waals surface area contributed by atoms with E-state index in [2.05, 4.69) is 25.8 Å². The standard InChI is InChI=1S/C27H35ClN6O2/c1-36-23-3-2-17(8-22(23)28)12-30-24-21(14-32-26(33-24)34-15-19-9-20(19)16-34)25(35)31-13-18-10-27(11-18)4-6-29-7-5-27/h2-3,8,14,18-20,29H,4-7,9-13,15-16H2,1H3,(H,31,35)(H,30,32,33). The third-order valence-electron chi connectivity index (χ3n) is 8.62. The van der Waals surface area contributed by atoms with Crippen LogP contribution in [0.5, 0.6) is 5.75 Å². The maximum absolute atomic E-state index is 13.2. The van der Waals surface area contributed by atoms with Crippen LogP contribution in [-0.4, -0.2) is 55.7 Å². The number of fused-ring (bicyclic) bond motifs is 1. The summed E-state index contributed by atoms with van der Waals surface area (Å²) in [6.45, 7) is 5.44. The van der Waals surface area contributed by atoms with Crippen LogP contribution in [0.2, 0.25) is 5.02 Å². The zero-order valence-corrected chi connectivity index (χ0v) is 21.6. The molecule has 8 nitrogen and oxygen atoms in total. The van der Waals surface area contributed by atoms with Crippen molar-refractivity contribution in [3.05, 3.63) is 40.5 Å². The Labute approximate surface area is 217 Å². The van der Waals surface area contributed by atoms with E-state index in [9.17, 15) is 4.79 Å². The molecular formula is C27H35ClN6O2. The molecule has 0 bridgehead atoms. The Balaban J connectivity index is 1.13. The molecule has 2 aliphatic heterocycles. The Morgan fingerprint density at radius 3 is 2.75 bits per heavy atom. The number of nitrogens with zero attached hydrogens (tertiary/aromatic N) is 3. The number of halogens is 1. The van der Waals surface area contributed by atoms with Crippen molar-refractivity contribution in [3.8, 4) is 5.75 Å². The number of nitrogens with one attached hydrogen (secondary N) is 3. The lowest BCUT2D eigenvalue weighted by molar-refractivity contribution is 0.0220. The van der Waals surface area contributed by atoms with Gasteiger partial charge in [-0.25, -0.2) is 4.98 Å². The van der Waals surface area contributed by atoms with Crippen LogP contribution in [0.1, 0.15) is 48.0 Å². The molecule has 4 aliphatic rings. The van der Waals surface area contributed by atoms with E-state index in [1.807, 2.05) is 18.2 Å². The molecular weight excluding hydrogens is 476 g/mol. The molecule has 2 saturated carbocycles. The van der Waals surface area contributed by atoms with E-state index in [1.165, 1.54) is 32.1 Å². The minimum atomic E-state index is -0.118. The van der Waals surface area contributed by atoms with E-state index >= 15 is 0 Å². The van der Waals surface area contributed by atoms with Crippen molar-refractivity contribution in [1.29, 1.82) is 0 Å². The van der Waals surface area contributed by atoms with E-state index in [1.54, 1.807) is 13.3 Å². The average Bonchev–Trinajstić information content (AvgIpc) is 3.49. The first kappa shape index (κ1) is 23.8. The van der Waals surface area contributed by atoms with Gasteiger partial charge in [0.15, 0.2) is 0 Å². The Bertz CT molecular complexity index is 1120. The number of carbonyl (C=O) groups excluding carboxylic acids is 1. The number of rotatable bonds is 8. The van der Waals surface area contributed by atoms with Crippen LogP contribution in [0.3, 0.4) is 0 Å². The molecule has 9 heteroatoms. The largest absolute Gasteiger partial charge is 0.495 e. The summed E-state index contributed by atoms with van der Waals surface area (Å²) in [6.07, 6.45) is 7.94. The van der Waals surface area contributed by atoms with E-state index in [0.29, 0.717) is 52.5 Å². The molecule has 2 unspecified atom stereocenters. The van der Waals surface area contributed by atoms with E-state index in [4.69, 9.17) is 21.3 Å². The van der Waals surface area contributed by atoms with E-state index in [0.717, 1.165) is 43.6 Å². The summed E-state index contributed by atoms with van der Waals surface area (Å²) in [6, 6.07) is 5.68. The van der Waals surface area contributed by atoms with Crippen LogP contribution in [0, 0.1) is 23.2 Å². The molecule has 2 aliphatic carbocycles. The molecule has 3 N–H and O–H groups in total. The van der Waals surface area contributed by atoms with Gasteiger partial charge >= 0.3 is 0 Å². The van der Waals surface area contributed by atoms with Crippen LogP contribution in [0.4, 0.5) is 11.8 Å². The lowest BCUT2D eigenvalue weighted by atomic mass is 9.58. The van der Waals surface area contributed by atoms with Crippen molar-refractivity contribution >= 4 is 29.3 Å². The number of carbonyl (C=O) groups is 1. The highest BCUT2D eigenvalue weighted by molar-refractivity contribution is 6.32. The van der Waals surface area contributed by atoms with Crippen molar-refractivity contribution in [2.24, 2.45) is 23.2 Å². The molecule has 2 atom stereocenters. The first-order valence-corrected chi connectivity index (χ1v) is 13.6. The van der Waals surface area contributed by atoms with Crippen LogP contribution >= 0.6 is 11.6 Å². The molecule has 2 saturated heterocycles. The normalized spacial score (nSPS) is 24.2. The summed E-state index contributed by atoms with van der Waals surface area (Å²) in [5.74, 6) is 3.89. The van der Waals surface area contributed by atoms with Crippen molar-refractivity contribution in [3.63, 3.8) is 0 Å². The monoisotopic (exact) mass is 510 g/mol. The molecule has 4 fully saturated rings. The molecule has 2 aromatic rings. The fourth-order valence-electron chi connectivity index (χ4n) is 6.40. The van der Waals surface area contributed by atoms with Crippen molar-refractivity contribution in [2.75, 3.05) is 50.1 Å². The number of hydrogen-bond donors (Lipinski definition) is 3. The van der Waals surface area contributed by atoms with Gasteiger partial charge in [0.25, 0.3) is 5.91 Å². The SMILES string of the molecule is COc1ccc(CNc2nc(N3CC4CC4C3)ncc2C(=O)NCC2CC3(CCNCC3)C2)cc1Cl. The summed E-state index contributed by atoms with van der Waals surface area (Å²) < 4.78 is 5.26. The van der Waals surface area contributed by atoms with Gasteiger partial charge in [0, 0.05) is 32.4 Å². The smallest absolute Gasteiger partial charge is 0.256 e. The van der Waals surface area contributed by atoms with Crippen molar-refractivity contribution in [2.45, 2.75) is 38.6 Å². The molecule has 1 amide bonds. The second-order valence-electron chi connectivity index (χ2n) is 11.1. The van der Waals surface area contributed by atoms with Crippen LogP contribution in [0.15, 0.2) is 24.4 Å². The first-order valence-electron chi connectivity index (χ1n) is 13.2. The third kappa shape index (κ3) is 4.85. The van der Waals surface area contributed by atoms with Gasteiger partial charge in [-0.1, -0.05) is 17.7 Å². The van der Waals surface area contributed by atoms with Gasteiger partial charge in [-0.3, -0.25) is 4.79 Å². The second kappa shape index (κ2) is 9.71. The minimum absolute atomic E-state index is 0.118. The number of benzene rings is 1. The topological polar surface area (TPSA) is 91.4 Å². The number of piperidine rings is 2. The molecule has 1 spiro atoms. The predicted molar refractivity (Wildman–Crippen MR) is 141 cm³/mol. The lowest BCUT2D eigenvalue weighted by Crippen LogP contribution is -2.48. The van der Waals surface area contributed by atoms with Crippen LogP contribution in [0.25, 0.3) is 0 Å². The zero-order chi connectivity index (χ0) is 24.7. The number of anilines is 2. The average molecular weight is 511 g/mol. The van der Waals surface area contributed by atoms with Gasteiger partial charge in [0.2, 0.25) is 5.95 Å². The third-order valence-corrected chi connectivity index (χ3v) is 8.91. The summed E-state index contributed by atoms with van der Waals surface area (Å²) >= 11 is 6.31. The molecule has 192 valence electrons. The Morgan fingerprint density at radius 2 is 2.03 bits per heavy atom. The maximum Gasteiger partial charge on any atom is 0.256 e. The van der Waals surface area contributed by atoms with Crippen molar-refractivity contribution in [1.82, 2.24) is 20.6 Å². The summed E-state index contributed by atoms with van der Waals surface area (Å²) in [7, 11) is 1.60. The highest BCUT2D eigenvalue weighted by atomic mass is 35.5. The van der Waals surface area contributed by atoms with Gasteiger partial charge < -0.3 is 25.6 Å². The van der Waals surface area contributed by atoms with Gasteiger partial charge in [-0.15, -0.1) is 0 Å². The number of hydrogen-bond acceptors (Lipinski definition) is 7. The van der Waals surface area contributed by atoms with Gasteiger partial charge in [0.1, 0.15) is 17.1 Å². The highest BCUT2D eigenvalue weighted by Gasteiger charge is 2.46. The summed E-state index contributed by atoms with van der Waals surface area (Å²) in [5.41, 5.74) is 1.98. The minimum Gasteiger partial charge on any atom is -0.495 e. The van der Waals surface area contributed by atoms with E-state index in [-0.39, 0.29) is 5.91 Å². The molecule has 36 heavy (non-hydrogen) atoms. The fourth-order valence-corrected chi connectivity index (χ4v) is 6.68. The summed E-state index contributed by atoms with van der Waals surface area (Å²) in [4.78, 5) is 24.9. The molecule has 3 heterocycles. The number of amides is 1. The Hall–Kier alpha value is -2.58. The maximum atomic E-state index is 13.2.